The Balaban J connectivity index is 3.82. The second-order valence-corrected chi connectivity index (χ2v) is 5.35. The first kappa shape index (κ1) is 12.9. The second kappa shape index (κ2) is 6.38. The molecule has 0 aromatic heterocycles. The minimum Gasteiger partial charge on any atom is -0.212 e. The Kier molecular flexibility index (Phi) is 6.33. The van der Waals surface area contributed by atoms with Crippen LogP contribution in [0.15, 0.2) is 0 Å². The quantitative estimate of drug-likeness (QED) is 0.693. The summed E-state index contributed by atoms with van der Waals surface area (Å²) in [4.78, 5) is 0. The third kappa shape index (κ3) is 7.02. The van der Waals surface area contributed by atoms with Gasteiger partial charge in [0, 0.05) is 6.04 Å². The highest BCUT2D eigenvalue weighted by Crippen LogP contribution is 2.01. The molecule has 3 nitrogen and oxygen atoms in total. The minimum atomic E-state index is -3.01. The van der Waals surface area contributed by atoms with Crippen molar-refractivity contribution < 1.29 is 8.42 Å². The summed E-state index contributed by atoms with van der Waals surface area (Å²) in [7, 11) is -3.01. The van der Waals surface area contributed by atoms with Gasteiger partial charge in [0.05, 0.1) is 5.75 Å². The van der Waals surface area contributed by atoms with Gasteiger partial charge in [-0.3, -0.25) is 0 Å². The summed E-state index contributed by atoms with van der Waals surface area (Å²) in [5.41, 5.74) is 0. The predicted molar refractivity (Wildman–Crippen MR) is 56.2 cm³/mol. The van der Waals surface area contributed by atoms with Gasteiger partial charge in [-0.2, -0.15) is 0 Å². The summed E-state index contributed by atoms with van der Waals surface area (Å²) in [5, 5.41) is 0. The molecule has 0 fully saturated rings. The van der Waals surface area contributed by atoms with Crippen LogP contribution in [0.1, 0.15) is 46.5 Å². The normalized spacial score (nSPS) is 14.4. The van der Waals surface area contributed by atoms with E-state index in [0.717, 1.165) is 19.3 Å². The summed E-state index contributed by atoms with van der Waals surface area (Å²) >= 11 is 0. The zero-order valence-electron chi connectivity index (χ0n) is 8.84. The number of hydrogen-bond acceptors (Lipinski definition) is 2. The summed E-state index contributed by atoms with van der Waals surface area (Å²) in [6, 6.07) is 0.0801. The summed E-state index contributed by atoms with van der Waals surface area (Å²) < 4.78 is 25.3. The van der Waals surface area contributed by atoms with Gasteiger partial charge in [0.15, 0.2) is 0 Å². The van der Waals surface area contributed by atoms with Gasteiger partial charge in [0.1, 0.15) is 0 Å². The molecule has 0 aliphatic rings. The van der Waals surface area contributed by atoms with E-state index in [0.29, 0.717) is 6.42 Å². The fourth-order valence-corrected chi connectivity index (χ4v) is 2.59. The Hall–Kier alpha value is -0.0900. The molecule has 0 aromatic rings. The fraction of sp³-hybridized carbons (Fsp3) is 1.00. The van der Waals surface area contributed by atoms with E-state index >= 15 is 0 Å². The molecule has 0 aliphatic carbocycles. The van der Waals surface area contributed by atoms with Crippen LogP contribution in [0.5, 0.6) is 0 Å². The monoisotopic (exact) mass is 207 g/mol. The highest BCUT2D eigenvalue weighted by atomic mass is 32.2. The SMILES string of the molecule is CCCCC(C)NS(=O)(=O)CCC. The van der Waals surface area contributed by atoms with Crippen molar-refractivity contribution in [3.05, 3.63) is 0 Å². The van der Waals surface area contributed by atoms with Crippen molar-refractivity contribution in [1.82, 2.24) is 4.72 Å². The summed E-state index contributed by atoms with van der Waals surface area (Å²) in [5.74, 6) is 0.240. The zero-order chi connectivity index (χ0) is 10.3. The van der Waals surface area contributed by atoms with Crippen molar-refractivity contribution in [1.29, 1.82) is 0 Å². The highest BCUT2D eigenvalue weighted by Gasteiger charge is 2.12. The lowest BCUT2D eigenvalue weighted by molar-refractivity contribution is 0.533. The molecule has 0 aromatic carbocycles. The predicted octanol–water partition coefficient (Wildman–Crippen LogP) is 1.89. The van der Waals surface area contributed by atoms with Gasteiger partial charge in [-0.25, -0.2) is 13.1 Å². The summed E-state index contributed by atoms with van der Waals surface area (Å²) in [6.45, 7) is 5.89. The molecule has 0 saturated heterocycles. The maximum Gasteiger partial charge on any atom is 0.211 e. The van der Waals surface area contributed by atoms with E-state index in [-0.39, 0.29) is 11.8 Å². The lowest BCUT2D eigenvalue weighted by atomic mass is 10.2. The molecular formula is C9H21NO2S. The van der Waals surface area contributed by atoms with Gasteiger partial charge in [-0.05, 0) is 19.8 Å². The second-order valence-electron chi connectivity index (χ2n) is 3.48. The molecule has 0 bridgehead atoms. The van der Waals surface area contributed by atoms with Crippen LogP contribution >= 0.6 is 0 Å². The van der Waals surface area contributed by atoms with Crippen LogP contribution < -0.4 is 4.72 Å². The average molecular weight is 207 g/mol. The Labute approximate surface area is 82.0 Å². The van der Waals surface area contributed by atoms with Crippen LogP contribution in [0.25, 0.3) is 0 Å². The molecule has 0 aliphatic heterocycles. The molecule has 13 heavy (non-hydrogen) atoms. The van der Waals surface area contributed by atoms with Crippen LogP contribution in [-0.4, -0.2) is 20.2 Å². The first-order valence-corrected chi connectivity index (χ1v) is 6.67. The smallest absolute Gasteiger partial charge is 0.211 e. The van der Waals surface area contributed by atoms with Crippen LogP contribution in [0.2, 0.25) is 0 Å². The molecule has 0 spiro atoms. The standard InChI is InChI=1S/C9H21NO2S/c1-4-6-7-9(3)10-13(11,12)8-5-2/h9-10H,4-8H2,1-3H3. The lowest BCUT2D eigenvalue weighted by Gasteiger charge is -2.12. The van der Waals surface area contributed by atoms with E-state index in [4.69, 9.17) is 0 Å². The van der Waals surface area contributed by atoms with Crippen molar-refractivity contribution in [2.45, 2.75) is 52.5 Å². The number of sulfonamides is 1. The third-order valence-corrected chi connectivity index (χ3v) is 3.55. The van der Waals surface area contributed by atoms with E-state index in [1.165, 1.54) is 0 Å². The van der Waals surface area contributed by atoms with E-state index in [1.807, 2.05) is 13.8 Å². The third-order valence-electron chi connectivity index (χ3n) is 1.84. The topological polar surface area (TPSA) is 46.2 Å². The largest absolute Gasteiger partial charge is 0.212 e. The highest BCUT2D eigenvalue weighted by molar-refractivity contribution is 7.89. The van der Waals surface area contributed by atoms with Crippen molar-refractivity contribution in [2.24, 2.45) is 0 Å². The van der Waals surface area contributed by atoms with Gasteiger partial charge in [-0.15, -0.1) is 0 Å². The molecule has 1 unspecified atom stereocenters. The molecule has 1 N–H and O–H groups in total. The average Bonchev–Trinajstić information content (AvgIpc) is 1.99. The van der Waals surface area contributed by atoms with Crippen LogP contribution in [0, 0.1) is 0 Å². The molecule has 0 saturated carbocycles. The van der Waals surface area contributed by atoms with Gasteiger partial charge >= 0.3 is 0 Å². The Bertz CT molecular complexity index is 212. The number of rotatable bonds is 7. The van der Waals surface area contributed by atoms with Crippen molar-refractivity contribution in [2.75, 3.05) is 5.75 Å². The van der Waals surface area contributed by atoms with Crippen molar-refractivity contribution >= 4 is 10.0 Å². The molecule has 1 atom stereocenters. The Morgan fingerprint density at radius 1 is 1.23 bits per heavy atom. The van der Waals surface area contributed by atoms with Gasteiger partial charge < -0.3 is 0 Å². The zero-order valence-corrected chi connectivity index (χ0v) is 9.65. The van der Waals surface area contributed by atoms with E-state index < -0.39 is 10.0 Å². The van der Waals surface area contributed by atoms with Crippen LogP contribution in [0.4, 0.5) is 0 Å². The Morgan fingerprint density at radius 2 is 1.85 bits per heavy atom. The van der Waals surface area contributed by atoms with Crippen LogP contribution in [0.3, 0.4) is 0 Å². The molecule has 0 heterocycles. The Morgan fingerprint density at radius 3 is 2.31 bits per heavy atom. The molecule has 80 valence electrons. The molecule has 0 rings (SSSR count). The number of hydrogen-bond donors (Lipinski definition) is 1. The molecule has 4 heteroatoms. The van der Waals surface area contributed by atoms with E-state index in [2.05, 4.69) is 11.6 Å². The van der Waals surface area contributed by atoms with Crippen molar-refractivity contribution in [3.8, 4) is 0 Å². The summed E-state index contributed by atoms with van der Waals surface area (Å²) in [6.07, 6.45) is 3.80. The maximum atomic E-state index is 11.3. The molecule has 0 amide bonds. The number of unbranched alkanes of at least 4 members (excludes halogenated alkanes) is 1. The van der Waals surface area contributed by atoms with E-state index in [9.17, 15) is 8.42 Å². The van der Waals surface area contributed by atoms with Crippen LogP contribution in [-0.2, 0) is 10.0 Å². The maximum absolute atomic E-state index is 11.3. The minimum absolute atomic E-state index is 0.0801. The fourth-order valence-electron chi connectivity index (χ4n) is 1.20. The molecular weight excluding hydrogens is 186 g/mol. The van der Waals surface area contributed by atoms with Gasteiger partial charge in [0.2, 0.25) is 10.0 Å². The van der Waals surface area contributed by atoms with Gasteiger partial charge in [-0.1, -0.05) is 26.7 Å². The van der Waals surface area contributed by atoms with E-state index in [1.54, 1.807) is 0 Å². The first-order chi connectivity index (χ1) is 6.02. The van der Waals surface area contributed by atoms with Gasteiger partial charge in [0.25, 0.3) is 0 Å². The van der Waals surface area contributed by atoms with Crippen molar-refractivity contribution in [3.63, 3.8) is 0 Å². The number of nitrogens with one attached hydrogen (secondary N) is 1. The lowest BCUT2D eigenvalue weighted by Crippen LogP contribution is -2.34. The molecule has 0 radical (unpaired) electrons. The first-order valence-electron chi connectivity index (χ1n) is 5.01.